The van der Waals surface area contributed by atoms with Gasteiger partial charge in [0.15, 0.2) is 0 Å². The average Bonchev–Trinajstić information content (AvgIpc) is 3.09. The minimum Gasteiger partial charge on any atom is -0.373 e. The van der Waals surface area contributed by atoms with Gasteiger partial charge in [-0.3, -0.25) is 0 Å². The molecule has 0 N–H and O–H groups in total. The summed E-state index contributed by atoms with van der Waals surface area (Å²) < 4.78 is 5.36. The maximum Gasteiger partial charge on any atom is 0.0812 e. The number of hydrogen-bond donors (Lipinski definition) is 0. The lowest BCUT2D eigenvalue weighted by Crippen LogP contribution is -2.04. The maximum atomic E-state index is 5.36. The second-order valence-corrected chi connectivity index (χ2v) is 5.40. The fourth-order valence-corrected chi connectivity index (χ4v) is 2.49. The van der Waals surface area contributed by atoms with Gasteiger partial charge in [-0.15, -0.1) is 0 Å². The van der Waals surface area contributed by atoms with Gasteiger partial charge in [0.05, 0.1) is 12.7 Å². The first kappa shape index (κ1) is 14.0. The number of hydrogen-bond acceptors (Lipinski definition) is 1. The predicted molar refractivity (Wildman–Crippen MR) is 70.7 cm³/mol. The van der Waals surface area contributed by atoms with Crippen LogP contribution in [0.15, 0.2) is 0 Å². The highest BCUT2D eigenvalue weighted by Gasteiger charge is 2.25. The van der Waals surface area contributed by atoms with Gasteiger partial charge in [0.25, 0.3) is 0 Å². The highest BCUT2D eigenvalue weighted by atomic mass is 16.6. The van der Waals surface area contributed by atoms with Crippen molar-refractivity contribution in [3.05, 3.63) is 0 Å². The van der Waals surface area contributed by atoms with E-state index >= 15 is 0 Å². The monoisotopic (exact) mass is 226 g/mol. The fraction of sp³-hybridized carbons (Fsp3) is 1.00. The van der Waals surface area contributed by atoms with E-state index in [9.17, 15) is 0 Å². The Labute approximate surface area is 102 Å². The zero-order valence-corrected chi connectivity index (χ0v) is 11.3. The van der Waals surface area contributed by atoms with Gasteiger partial charge in [-0.05, 0) is 12.3 Å². The Morgan fingerprint density at radius 3 is 2.19 bits per heavy atom. The molecule has 1 heteroatoms. The highest BCUT2D eigenvalue weighted by Crippen LogP contribution is 2.27. The molecule has 0 aliphatic carbocycles. The van der Waals surface area contributed by atoms with Crippen molar-refractivity contribution < 1.29 is 4.74 Å². The first-order valence-corrected chi connectivity index (χ1v) is 7.48. The minimum absolute atomic E-state index is 0.637. The van der Waals surface area contributed by atoms with Crippen molar-refractivity contribution in [3.8, 4) is 0 Å². The normalized spacial score (nSPS) is 21.0. The van der Waals surface area contributed by atoms with E-state index in [0.29, 0.717) is 6.10 Å². The lowest BCUT2D eigenvalue weighted by Gasteiger charge is -2.15. The Hall–Kier alpha value is -0.0400. The summed E-state index contributed by atoms with van der Waals surface area (Å²) in [6.45, 7) is 5.62. The molecule has 0 radical (unpaired) electrons. The third kappa shape index (κ3) is 7.27. The summed E-state index contributed by atoms with van der Waals surface area (Å²) in [5.74, 6) is 0.953. The molecular weight excluding hydrogens is 196 g/mol. The van der Waals surface area contributed by atoms with Crippen molar-refractivity contribution in [1.29, 1.82) is 0 Å². The molecule has 1 aliphatic rings. The zero-order chi connectivity index (χ0) is 11.6. The molecule has 1 fully saturated rings. The van der Waals surface area contributed by atoms with Gasteiger partial charge < -0.3 is 4.74 Å². The first-order valence-electron chi connectivity index (χ1n) is 7.48. The Morgan fingerprint density at radius 2 is 1.56 bits per heavy atom. The number of rotatable bonds is 11. The summed E-state index contributed by atoms with van der Waals surface area (Å²) in [5, 5.41) is 0. The molecule has 1 aliphatic heterocycles. The zero-order valence-electron chi connectivity index (χ0n) is 11.3. The van der Waals surface area contributed by atoms with Gasteiger partial charge in [0, 0.05) is 0 Å². The number of unbranched alkanes of at least 4 members (excludes halogenated alkanes) is 5. The second-order valence-electron chi connectivity index (χ2n) is 5.40. The van der Waals surface area contributed by atoms with Gasteiger partial charge in [-0.1, -0.05) is 71.6 Å². The number of epoxide rings is 1. The number of ether oxygens (including phenoxy) is 1. The fourth-order valence-electron chi connectivity index (χ4n) is 2.49. The van der Waals surface area contributed by atoms with Crippen molar-refractivity contribution >= 4 is 0 Å². The molecule has 1 rings (SSSR count). The molecule has 2 unspecified atom stereocenters. The van der Waals surface area contributed by atoms with E-state index in [2.05, 4.69) is 13.8 Å². The van der Waals surface area contributed by atoms with Crippen LogP contribution in [0, 0.1) is 5.92 Å². The lowest BCUT2D eigenvalue weighted by atomic mass is 9.91. The van der Waals surface area contributed by atoms with E-state index in [0.717, 1.165) is 12.5 Å². The van der Waals surface area contributed by atoms with E-state index in [1.165, 1.54) is 64.2 Å². The van der Waals surface area contributed by atoms with Crippen LogP contribution in [-0.2, 0) is 4.74 Å². The summed E-state index contributed by atoms with van der Waals surface area (Å²) in [6, 6.07) is 0. The molecule has 0 aromatic heterocycles. The smallest absolute Gasteiger partial charge is 0.0812 e. The quantitative estimate of drug-likeness (QED) is 0.359. The SMILES string of the molecule is CCCCCCCC(CCCC)CC1CO1. The summed E-state index contributed by atoms with van der Waals surface area (Å²) in [4.78, 5) is 0. The van der Waals surface area contributed by atoms with Gasteiger partial charge in [-0.2, -0.15) is 0 Å². The third-order valence-corrected chi connectivity index (χ3v) is 3.68. The molecule has 0 saturated carbocycles. The summed E-state index contributed by atoms with van der Waals surface area (Å²) in [5.41, 5.74) is 0. The van der Waals surface area contributed by atoms with Crippen LogP contribution in [-0.4, -0.2) is 12.7 Å². The molecule has 0 amide bonds. The van der Waals surface area contributed by atoms with Gasteiger partial charge in [0.2, 0.25) is 0 Å². The van der Waals surface area contributed by atoms with E-state index < -0.39 is 0 Å². The van der Waals surface area contributed by atoms with Crippen LogP contribution >= 0.6 is 0 Å². The van der Waals surface area contributed by atoms with Crippen LogP contribution in [0.4, 0.5) is 0 Å². The van der Waals surface area contributed by atoms with E-state index in [-0.39, 0.29) is 0 Å². The van der Waals surface area contributed by atoms with Crippen molar-refractivity contribution in [3.63, 3.8) is 0 Å². The highest BCUT2D eigenvalue weighted by molar-refractivity contribution is 4.74. The standard InChI is InChI=1S/C15H30O/c1-3-5-7-8-9-11-14(10-6-4-2)12-15-13-16-15/h14-15H,3-13H2,1-2H3. The molecule has 0 aromatic rings. The molecular formula is C15H30O. The van der Waals surface area contributed by atoms with E-state index in [1.54, 1.807) is 0 Å². The second kappa shape index (κ2) is 9.04. The minimum atomic E-state index is 0.637. The van der Waals surface area contributed by atoms with Crippen molar-refractivity contribution in [2.24, 2.45) is 5.92 Å². The topological polar surface area (TPSA) is 12.5 Å². The van der Waals surface area contributed by atoms with E-state index in [4.69, 9.17) is 4.74 Å². The van der Waals surface area contributed by atoms with Crippen LogP contribution in [0.5, 0.6) is 0 Å². The molecule has 0 aromatic carbocycles. The Balaban J connectivity index is 2.00. The molecule has 1 saturated heterocycles. The van der Waals surface area contributed by atoms with Gasteiger partial charge in [0.1, 0.15) is 0 Å². The van der Waals surface area contributed by atoms with Crippen molar-refractivity contribution in [1.82, 2.24) is 0 Å². The molecule has 2 atom stereocenters. The molecule has 0 bridgehead atoms. The molecule has 1 heterocycles. The summed E-state index contributed by atoms with van der Waals surface area (Å²) in [6.07, 6.45) is 14.7. The van der Waals surface area contributed by atoms with Crippen LogP contribution in [0.2, 0.25) is 0 Å². The molecule has 1 nitrogen and oxygen atoms in total. The predicted octanol–water partition coefficient (Wildman–Crippen LogP) is 4.94. The van der Waals surface area contributed by atoms with Gasteiger partial charge in [-0.25, -0.2) is 0 Å². The Bertz CT molecular complexity index is 152. The Kier molecular flexibility index (Phi) is 7.92. The van der Waals surface area contributed by atoms with Crippen LogP contribution < -0.4 is 0 Å². The largest absolute Gasteiger partial charge is 0.373 e. The van der Waals surface area contributed by atoms with Crippen LogP contribution in [0.25, 0.3) is 0 Å². The van der Waals surface area contributed by atoms with Gasteiger partial charge >= 0.3 is 0 Å². The first-order chi connectivity index (χ1) is 7.86. The summed E-state index contributed by atoms with van der Waals surface area (Å²) in [7, 11) is 0. The van der Waals surface area contributed by atoms with Crippen molar-refractivity contribution in [2.45, 2.75) is 84.2 Å². The third-order valence-electron chi connectivity index (χ3n) is 3.68. The van der Waals surface area contributed by atoms with E-state index in [1.807, 2.05) is 0 Å². The molecule has 96 valence electrons. The summed E-state index contributed by atoms with van der Waals surface area (Å²) >= 11 is 0. The Morgan fingerprint density at radius 1 is 0.938 bits per heavy atom. The maximum absolute atomic E-state index is 5.36. The van der Waals surface area contributed by atoms with Crippen LogP contribution in [0.3, 0.4) is 0 Å². The lowest BCUT2D eigenvalue weighted by molar-refractivity contribution is 0.319. The van der Waals surface area contributed by atoms with Crippen LogP contribution in [0.1, 0.15) is 78.1 Å². The molecule has 16 heavy (non-hydrogen) atoms. The van der Waals surface area contributed by atoms with Crippen molar-refractivity contribution in [2.75, 3.05) is 6.61 Å². The average molecular weight is 226 g/mol. The molecule has 0 spiro atoms.